The molecule has 0 heterocycles. The molecule has 0 amide bonds. The molecule has 3 nitrogen and oxygen atoms in total. The molecular weight excluding hydrogens is 236 g/mol. The lowest BCUT2D eigenvalue weighted by atomic mass is 10.0. The summed E-state index contributed by atoms with van der Waals surface area (Å²) in [6, 6.07) is 6.36. The summed E-state index contributed by atoms with van der Waals surface area (Å²) < 4.78 is 5.52. The summed E-state index contributed by atoms with van der Waals surface area (Å²) in [5, 5.41) is 0. The monoisotopic (exact) mass is 266 g/mol. The Kier molecular flexibility index (Phi) is 9.27. The van der Waals surface area contributed by atoms with Crippen molar-refractivity contribution in [2.45, 2.75) is 59.0 Å². The fourth-order valence-corrected chi connectivity index (χ4v) is 2.00. The third-order valence-electron chi connectivity index (χ3n) is 3.15. The first kappa shape index (κ1) is 17.9. The van der Waals surface area contributed by atoms with Gasteiger partial charge in [0, 0.05) is 12.3 Å². The van der Waals surface area contributed by atoms with Crippen molar-refractivity contribution in [1.82, 2.24) is 6.15 Å². The van der Waals surface area contributed by atoms with E-state index in [0.29, 0.717) is 6.10 Å². The van der Waals surface area contributed by atoms with Crippen LogP contribution in [0.25, 0.3) is 0 Å². The normalized spacial score (nSPS) is 10.5. The van der Waals surface area contributed by atoms with Crippen LogP contribution in [0.3, 0.4) is 0 Å². The Balaban J connectivity index is 0.00000324. The predicted molar refractivity (Wildman–Crippen MR) is 83.9 cm³/mol. The van der Waals surface area contributed by atoms with Gasteiger partial charge in [0.2, 0.25) is 0 Å². The maximum atomic E-state index is 5.81. The maximum Gasteiger partial charge on any atom is 0.0518 e. The van der Waals surface area contributed by atoms with E-state index in [1.54, 1.807) is 0 Å². The van der Waals surface area contributed by atoms with E-state index in [2.05, 4.69) is 32.9 Å². The van der Waals surface area contributed by atoms with Gasteiger partial charge >= 0.3 is 0 Å². The zero-order valence-electron chi connectivity index (χ0n) is 12.7. The lowest BCUT2D eigenvalue weighted by molar-refractivity contribution is 0.0757. The van der Waals surface area contributed by atoms with Gasteiger partial charge in [-0.3, -0.25) is 0 Å². The number of unbranched alkanes of at least 4 members (excludes halogenated alkanes) is 3. The highest BCUT2D eigenvalue weighted by molar-refractivity contribution is 5.47. The number of ether oxygens (including phenoxy) is 1. The summed E-state index contributed by atoms with van der Waals surface area (Å²) in [5.74, 6) is 0. The van der Waals surface area contributed by atoms with E-state index < -0.39 is 0 Å². The molecule has 1 aromatic carbocycles. The van der Waals surface area contributed by atoms with Crippen molar-refractivity contribution in [3.63, 3.8) is 0 Å². The second-order valence-electron chi connectivity index (χ2n) is 5.27. The third-order valence-corrected chi connectivity index (χ3v) is 3.15. The minimum atomic E-state index is 0. The smallest absolute Gasteiger partial charge is 0.0518 e. The van der Waals surface area contributed by atoms with Crippen molar-refractivity contribution in [1.29, 1.82) is 0 Å². The van der Waals surface area contributed by atoms with Crippen LogP contribution in [0.5, 0.6) is 0 Å². The number of hydrogen-bond acceptors (Lipinski definition) is 3. The standard InChI is InChI=1S/C16H27NO.H3N/c1-13(2)18-11-7-5-4-6-8-15-9-10-16(17)14(3)12-15;/h9-10,12-13H,4-8,11,17H2,1-3H3;1H3. The molecule has 5 N–H and O–H groups in total. The zero-order valence-corrected chi connectivity index (χ0v) is 12.7. The van der Waals surface area contributed by atoms with E-state index in [4.69, 9.17) is 10.5 Å². The SMILES string of the molecule is Cc1cc(CCCCCCOC(C)C)ccc1N.N. The fourth-order valence-electron chi connectivity index (χ4n) is 2.00. The highest BCUT2D eigenvalue weighted by Gasteiger charge is 1.98. The van der Waals surface area contributed by atoms with Crippen molar-refractivity contribution in [2.75, 3.05) is 12.3 Å². The Morgan fingerprint density at radius 1 is 1.11 bits per heavy atom. The van der Waals surface area contributed by atoms with E-state index >= 15 is 0 Å². The van der Waals surface area contributed by atoms with Crippen LogP contribution < -0.4 is 11.9 Å². The van der Waals surface area contributed by atoms with Gasteiger partial charge in [0.05, 0.1) is 6.10 Å². The predicted octanol–water partition coefficient (Wildman–Crippen LogP) is 4.27. The van der Waals surface area contributed by atoms with Gasteiger partial charge in [-0.1, -0.05) is 25.0 Å². The van der Waals surface area contributed by atoms with E-state index in [-0.39, 0.29) is 6.15 Å². The van der Waals surface area contributed by atoms with Gasteiger partial charge in [-0.25, -0.2) is 0 Å². The van der Waals surface area contributed by atoms with E-state index in [0.717, 1.165) is 18.7 Å². The van der Waals surface area contributed by atoms with Crippen LogP contribution in [0.15, 0.2) is 18.2 Å². The minimum absolute atomic E-state index is 0. The average Bonchev–Trinajstić information content (AvgIpc) is 2.32. The molecule has 0 aliphatic carbocycles. The first-order chi connectivity index (χ1) is 8.59. The summed E-state index contributed by atoms with van der Waals surface area (Å²) in [6.45, 7) is 7.15. The molecule has 0 saturated carbocycles. The lowest BCUT2D eigenvalue weighted by Crippen LogP contribution is -2.03. The van der Waals surface area contributed by atoms with Crippen LogP contribution >= 0.6 is 0 Å². The molecule has 19 heavy (non-hydrogen) atoms. The fraction of sp³-hybridized carbons (Fsp3) is 0.625. The van der Waals surface area contributed by atoms with E-state index in [1.807, 2.05) is 6.07 Å². The Morgan fingerprint density at radius 2 is 1.79 bits per heavy atom. The summed E-state index contributed by atoms with van der Waals surface area (Å²) in [6.07, 6.45) is 6.50. The van der Waals surface area contributed by atoms with Crippen molar-refractivity contribution in [3.8, 4) is 0 Å². The highest BCUT2D eigenvalue weighted by Crippen LogP contribution is 2.15. The van der Waals surface area contributed by atoms with Crippen molar-refractivity contribution < 1.29 is 4.74 Å². The van der Waals surface area contributed by atoms with Crippen LogP contribution in [0.4, 0.5) is 5.69 Å². The molecular formula is C16H30N2O. The second kappa shape index (κ2) is 9.82. The Bertz CT molecular complexity index is 351. The maximum absolute atomic E-state index is 5.81. The third kappa shape index (κ3) is 7.85. The van der Waals surface area contributed by atoms with Gasteiger partial charge in [0.25, 0.3) is 0 Å². The molecule has 0 aliphatic rings. The first-order valence-corrected chi connectivity index (χ1v) is 7.06. The average molecular weight is 266 g/mol. The highest BCUT2D eigenvalue weighted by atomic mass is 16.5. The van der Waals surface area contributed by atoms with Crippen LogP contribution in [0, 0.1) is 6.92 Å². The minimum Gasteiger partial charge on any atom is -0.399 e. The molecule has 110 valence electrons. The molecule has 0 atom stereocenters. The van der Waals surface area contributed by atoms with Crippen molar-refractivity contribution in [3.05, 3.63) is 29.3 Å². The summed E-state index contributed by atoms with van der Waals surface area (Å²) >= 11 is 0. The van der Waals surface area contributed by atoms with Gasteiger partial charge in [0.1, 0.15) is 0 Å². The van der Waals surface area contributed by atoms with Crippen LogP contribution in [-0.4, -0.2) is 12.7 Å². The number of hydrogen-bond donors (Lipinski definition) is 2. The molecule has 0 spiro atoms. The van der Waals surface area contributed by atoms with Gasteiger partial charge in [-0.15, -0.1) is 0 Å². The van der Waals surface area contributed by atoms with Gasteiger partial charge in [0.15, 0.2) is 0 Å². The number of nitrogen functional groups attached to an aromatic ring is 1. The first-order valence-electron chi connectivity index (χ1n) is 7.06. The van der Waals surface area contributed by atoms with Crippen LogP contribution in [-0.2, 0) is 11.2 Å². The van der Waals surface area contributed by atoms with Crippen LogP contribution in [0.1, 0.15) is 50.7 Å². The van der Waals surface area contributed by atoms with E-state index in [9.17, 15) is 0 Å². The molecule has 0 bridgehead atoms. The molecule has 1 aromatic rings. The molecule has 0 radical (unpaired) electrons. The number of aryl methyl sites for hydroxylation is 2. The van der Waals surface area contributed by atoms with Gasteiger partial charge in [-0.2, -0.15) is 0 Å². The molecule has 1 rings (SSSR count). The van der Waals surface area contributed by atoms with Crippen molar-refractivity contribution >= 4 is 5.69 Å². The second-order valence-corrected chi connectivity index (χ2v) is 5.27. The van der Waals surface area contributed by atoms with Crippen LogP contribution in [0.2, 0.25) is 0 Å². The van der Waals surface area contributed by atoms with Crippen molar-refractivity contribution in [2.24, 2.45) is 0 Å². The summed E-state index contributed by atoms with van der Waals surface area (Å²) in [5.41, 5.74) is 9.30. The molecule has 0 fully saturated rings. The van der Waals surface area contributed by atoms with E-state index in [1.165, 1.54) is 36.8 Å². The van der Waals surface area contributed by atoms with Gasteiger partial charge < -0.3 is 16.6 Å². The lowest BCUT2D eigenvalue weighted by Gasteiger charge is -2.07. The molecule has 3 heteroatoms. The molecule has 0 aromatic heterocycles. The molecule has 0 aliphatic heterocycles. The largest absolute Gasteiger partial charge is 0.399 e. The Morgan fingerprint density at radius 3 is 2.42 bits per heavy atom. The zero-order chi connectivity index (χ0) is 13.4. The summed E-state index contributed by atoms with van der Waals surface area (Å²) in [4.78, 5) is 0. The molecule has 0 saturated heterocycles. The Labute approximate surface area is 118 Å². The quantitative estimate of drug-likeness (QED) is 0.545. The Hall–Kier alpha value is -1.06. The number of nitrogens with two attached hydrogens (primary N) is 1. The summed E-state index contributed by atoms with van der Waals surface area (Å²) in [7, 11) is 0. The number of anilines is 1. The number of benzene rings is 1. The molecule has 0 unspecified atom stereocenters. The number of rotatable bonds is 8. The topological polar surface area (TPSA) is 70.2 Å². The van der Waals surface area contributed by atoms with Gasteiger partial charge in [-0.05, 0) is 57.2 Å².